The van der Waals surface area contributed by atoms with Gasteiger partial charge >= 0.3 is 0 Å². The second-order valence-electron chi connectivity index (χ2n) is 6.25. The summed E-state index contributed by atoms with van der Waals surface area (Å²) in [6, 6.07) is 2.75. The van der Waals surface area contributed by atoms with Gasteiger partial charge in [-0.25, -0.2) is 0 Å². The van der Waals surface area contributed by atoms with Crippen LogP contribution in [0.2, 0.25) is 0 Å². The minimum atomic E-state index is 0.118. The Bertz CT molecular complexity index is 705. The molecule has 5 nitrogen and oxygen atoms in total. The third-order valence-electron chi connectivity index (χ3n) is 4.74. The van der Waals surface area contributed by atoms with E-state index in [-0.39, 0.29) is 5.91 Å². The van der Waals surface area contributed by atoms with Gasteiger partial charge in [0, 0.05) is 37.1 Å². The smallest absolute Gasteiger partial charge is 0.267 e. The van der Waals surface area contributed by atoms with Crippen molar-refractivity contribution in [3.05, 3.63) is 32.5 Å². The van der Waals surface area contributed by atoms with E-state index in [9.17, 15) is 4.79 Å². The summed E-state index contributed by atoms with van der Waals surface area (Å²) in [5.74, 6) is 0.118. The Labute approximate surface area is 144 Å². The number of aromatic nitrogens is 2. The molecule has 0 spiro atoms. The lowest BCUT2D eigenvalue weighted by molar-refractivity contribution is 0.0223. The largest absolute Gasteiger partial charge is 0.335 e. The van der Waals surface area contributed by atoms with Crippen molar-refractivity contribution in [3.8, 4) is 0 Å². The van der Waals surface area contributed by atoms with Gasteiger partial charge in [-0.05, 0) is 41.4 Å². The summed E-state index contributed by atoms with van der Waals surface area (Å²) in [5, 5.41) is 6.30. The van der Waals surface area contributed by atoms with Gasteiger partial charge < -0.3 is 4.90 Å². The van der Waals surface area contributed by atoms with E-state index >= 15 is 0 Å². The Hall–Kier alpha value is -1.31. The zero-order valence-corrected chi connectivity index (χ0v) is 14.8. The van der Waals surface area contributed by atoms with Crippen molar-refractivity contribution in [2.45, 2.75) is 38.8 Å². The fraction of sp³-hybridized carbons (Fsp3) is 0.562. The zero-order valence-electron chi connectivity index (χ0n) is 13.2. The average Bonchev–Trinajstić information content (AvgIpc) is 3.14. The van der Waals surface area contributed by atoms with Crippen molar-refractivity contribution in [1.82, 2.24) is 19.4 Å². The lowest BCUT2D eigenvalue weighted by atomic mass is 10.0. The van der Waals surface area contributed by atoms with Gasteiger partial charge in [0.05, 0.1) is 5.69 Å². The molecule has 0 N–H and O–H groups in total. The normalized spacial score (nSPS) is 18.7. The van der Waals surface area contributed by atoms with Gasteiger partial charge in [-0.1, -0.05) is 17.8 Å². The molecule has 0 radical (unpaired) electrons. The molecular weight excluding hydrogens is 328 g/mol. The number of hydrogen-bond acceptors (Lipinski definition) is 6. The van der Waals surface area contributed by atoms with Crippen LogP contribution in [0, 0.1) is 0 Å². The van der Waals surface area contributed by atoms with Crippen LogP contribution >= 0.6 is 22.9 Å². The number of amides is 1. The fourth-order valence-electron chi connectivity index (χ4n) is 3.35. The van der Waals surface area contributed by atoms with Crippen molar-refractivity contribution in [2.24, 2.45) is 0 Å². The van der Waals surface area contributed by atoms with Crippen LogP contribution in [0.5, 0.6) is 0 Å². The number of likely N-dealkylation sites (tertiary alicyclic amines) is 1. The van der Waals surface area contributed by atoms with Crippen LogP contribution in [0.25, 0.3) is 0 Å². The molecule has 0 aromatic carbocycles. The van der Waals surface area contributed by atoms with Crippen molar-refractivity contribution in [1.29, 1.82) is 0 Å². The number of nitrogens with zero attached hydrogens (tertiary/aromatic N) is 4. The molecule has 2 aromatic heterocycles. The predicted octanol–water partition coefficient (Wildman–Crippen LogP) is 2.43. The van der Waals surface area contributed by atoms with Crippen LogP contribution in [0.1, 0.15) is 39.2 Å². The lowest BCUT2D eigenvalue weighted by Crippen LogP contribution is -2.61. The topological polar surface area (TPSA) is 49.3 Å². The molecule has 0 bridgehead atoms. The molecule has 0 aliphatic carbocycles. The fourth-order valence-corrected chi connectivity index (χ4v) is 4.92. The first kappa shape index (κ1) is 15.2. The van der Waals surface area contributed by atoms with Crippen molar-refractivity contribution in [2.75, 3.05) is 19.6 Å². The highest BCUT2D eigenvalue weighted by Gasteiger charge is 2.37. The Balaban J connectivity index is 1.36. The lowest BCUT2D eigenvalue weighted by Gasteiger charge is -2.46. The van der Waals surface area contributed by atoms with E-state index in [1.165, 1.54) is 22.0 Å². The van der Waals surface area contributed by atoms with Crippen LogP contribution in [-0.4, -0.2) is 51.0 Å². The highest BCUT2D eigenvalue weighted by atomic mass is 32.1. The van der Waals surface area contributed by atoms with Crippen LogP contribution in [0.15, 0.2) is 11.4 Å². The molecule has 4 rings (SSSR count). The maximum atomic E-state index is 12.6. The molecule has 0 unspecified atom stereocenters. The number of aryl methyl sites for hydroxylation is 1. The number of thiophene rings is 1. The summed E-state index contributed by atoms with van der Waals surface area (Å²) in [6.07, 6.45) is 2.98. The minimum Gasteiger partial charge on any atom is -0.335 e. The SMILES string of the molecule is CCCc1nnsc1C(=O)N1CC(N2CCc3sccc3C2)C1. The summed E-state index contributed by atoms with van der Waals surface area (Å²) in [4.78, 5) is 19.4. The number of fused-ring (bicyclic) bond motifs is 1. The maximum absolute atomic E-state index is 12.6. The molecule has 7 heteroatoms. The van der Waals surface area contributed by atoms with E-state index in [1.807, 2.05) is 16.2 Å². The van der Waals surface area contributed by atoms with Crippen LogP contribution in [0.4, 0.5) is 0 Å². The number of carbonyl (C=O) groups is 1. The molecule has 0 atom stereocenters. The average molecular weight is 348 g/mol. The van der Waals surface area contributed by atoms with Gasteiger partial charge in [-0.3, -0.25) is 9.69 Å². The number of hydrogen-bond donors (Lipinski definition) is 0. The summed E-state index contributed by atoms with van der Waals surface area (Å²) in [7, 11) is 0. The van der Waals surface area contributed by atoms with E-state index in [2.05, 4.69) is 32.9 Å². The first-order valence-corrected chi connectivity index (χ1v) is 9.81. The summed E-state index contributed by atoms with van der Waals surface area (Å²) < 4.78 is 3.97. The predicted molar refractivity (Wildman–Crippen MR) is 92.0 cm³/mol. The van der Waals surface area contributed by atoms with Crippen molar-refractivity contribution < 1.29 is 4.79 Å². The summed E-state index contributed by atoms with van der Waals surface area (Å²) >= 11 is 3.11. The molecule has 2 aliphatic rings. The Kier molecular flexibility index (Phi) is 4.17. The Morgan fingerprint density at radius 2 is 2.30 bits per heavy atom. The Morgan fingerprint density at radius 3 is 3.13 bits per heavy atom. The third-order valence-corrected chi connectivity index (χ3v) is 6.52. The molecule has 2 aromatic rings. The van der Waals surface area contributed by atoms with E-state index in [1.54, 1.807) is 0 Å². The van der Waals surface area contributed by atoms with Crippen LogP contribution < -0.4 is 0 Å². The van der Waals surface area contributed by atoms with E-state index in [4.69, 9.17) is 0 Å². The minimum absolute atomic E-state index is 0.118. The summed E-state index contributed by atoms with van der Waals surface area (Å²) in [5.41, 5.74) is 2.34. The van der Waals surface area contributed by atoms with Gasteiger partial charge in [0.15, 0.2) is 0 Å². The summed E-state index contributed by atoms with van der Waals surface area (Å²) in [6.45, 7) is 5.92. The van der Waals surface area contributed by atoms with Crippen LogP contribution in [-0.2, 0) is 19.4 Å². The van der Waals surface area contributed by atoms with Gasteiger partial charge in [0.1, 0.15) is 4.88 Å². The molecule has 4 heterocycles. The quantitative estimate of drug-likeness (QED) is 0.851. The highest BCUT2D eigenvalue weighted by molar-refractivity contribution is 7.10. The van der Waals surface area contributed by atoms with E-state index in [0.717, 1.165) is 56.0 Å². The van der Waals surface area contributed by atoms with Crippen molar-refractivity contribution in [3.63, 3.8) is 0 Å². The molecule has 23 heavy (non-hydrogen) atoms. The third kappa shape index (κ3) is 2.81. The first-order valence-electron chi connectivity index (χ1n) is 8.16. The Morgan fingerprint density at radius 1 is 1.43 bits per heavy atom. The molecule has 0 saturated carbocycles. The van der Waals surface area contributed by atoms with Gasteiger partial charge in [0.2, 0.25) is 0 Å². The molecule has 1 saturated heterocycles. The molecule has 1 amide bonds. The van der Waals surface area contributed by atoms with Crippen LogP contribution in [0.3, 0.4) is 0 Å². The maximum Gasteiger partial charge on any atom is 0.267 e. The molecule has 1 fully saturated rings. The first-order chi connectivity index (χ1) is 11.3. The zero-order chi connectivity index (χ0) is 15.8. The van der Waals surface area contributed by atoms with Gasteiger partial charge in [-0.15, -0.1) is 16.4 Å². The monoisotopic (exact) mass is 348 g/mol. The number of carbonyl (C=O) groups excluding carboxylic acids is 1. The number of rotatable bonds is 4. The second-order valence-corrected chi connectivity index (χ2v) is 8.01. The highest BCUT2D eigenvalue weighted by Crippen LogP contribution is 2.28. The molecule has 122 valence electrons. The second kappa shape index (κ2) is 6.30. The van der Waals surface area contributed by atoms with Gasteiger partial charge in [-0.2, -0.15) is 0 Å². The molecule has 2 aliphatic heterocycles. The van der Waals surface area contributed by atoms with E-state index in [0.29, 0.717) is 6.04 Å². The standard InChI is InChI=1S/C16H20N4OS2/c1-2-3-13-15(23-18-17-13)16(21)20-9-12(10-20)19-6-4-14-11(8-19)5-7-22-14/h5,7,12H,2-4,6,8-10H2,1H3. The van der Waals surface area contributed by atoms with Crippen molar-refractivity contribution >= 4 is 28.8 Å². The van der Waals surface area contributed by atoms with Gasteiger partial charge in [0.25, 0.3) is 5.91 Å². The van der Waals surface area contributed by atoms with E-state index < -0.39 is 0 Å². The molecular formula is C16H20N4OS2.